The third-order valence-electron chi connectivity index (χ3n) is 3.87. The maximum absolute atomic E-state index is 12.5. The van der Waals surface area contributed by atoms with Gasteiger partial charge in [0.05, 0.1) is 23.0 Å². The van der Waals surface area contributed by atoms with E-state index >= 15 is 0 Å². The van der Waals surface area contributed by atoms with Crippen LogP contribution in [-0.2, 0) is 0 Å². The first-order chi connectivity index (χ1) is 15.5. The van der Waals surface area contributed by atoms with Gasteiger partial charge in [-0.05, 0) is 72.3 Å². The lowest BCUT2D eigenvalue weighted by Crippen LogP contribution is -2.17. The molecule has 0 heterocycles. The molecule has 0 radical (unpaired) electrons. The van der Waals surface area contributed by atoms with E-state index in [9.17, 15) is 4.79 Å². The molecule has 0 fully saturated rings. The highest BCUT2D eigenvalue weighted by molar-refractivity contribution is 14.1. The summed E-state index contributed by atoms with van der Waals surface area (Å²) in [6, 6.07) is 8.55. The Labute approximate surface area is 201 Å². The molecule has 7 nitrogen and oxygen atoms in total. The van der Waals surface area contributed by atoms with Crippen LogP contribution in [-0.4, -0.2) is 38.5 Å². The van der Waals surface area contributed by atoms with E-state index in [4.69, 9.17) is 25.4 Å². The summed E-state index contributed by atoms with van der Waals surface area (Å²) < 4.78 is 23.2. The summed E-state index contributed by atoms with van der Waals surface area (Å²) in [5.74, 6) is 4.20. The van der Waals surface area contributed by atoms with E-state index < -0.39 is 0 Å². The Bertz CT molecular complexity index is 1010. The highest BCUT2D eigenvalue weighted by Crippen LogP contribution is 2.34. The van der Waals surface area contributed by atoms with Crippen LogP contribution in [0.25, 0.3) is 0 Å². The van der Waals surface area contributed by atoms with Gasteiger partial charge in [-0.25, -0.2) is 5.43 Å². The van der Waals surface area contributed by atoms with Crippen LogP contribution < -0.4 is 24.4 Å². The first-order valence-electron chi connectivity index (χ1n) is 9.90. The van der Waals surface area contributed by atoms with Crippen molar-refractivity contribution >= 4 is 34.7 Å². The molecule has 0 saturated heterocycles. The third kappa shape index (κ3) is 7.20. The summed E-state index contributed by atoms with van der Waals surface area (Å²) in [6.07, 6.45) is 8.44. The molecule has 2 rings (SSSR count). The fourth-order valence-corrected chi connectivity index (χ4v) is 3.38. The minimum atomic E-state index is -0.383. The molecule has 0 bridgehead atoms. The molecule has 2 aromatic carbocycles. The second kappa shape index (κ2) is 13.3. The van der Waals surface area contributed by atoms with Crippen LogP contribution in [0.3, 0.4) is 0 Å². The number of carbonyl (C=O) groups excluding carboxylic acids is 1. The quantitative estimate of drug-likeness (QED) is 0.140. The Morgan fingerprint density at radius 3 is 2.56 bits per heavy atom. The Morgan fingerprint density at radius 1 is 1.12 bits per heavy atom. The van der Waals surface area contributed by atoms with Gasteiger partial charge < -0.3 is 18.9 Å². The molecule has 0 spiro atoms. The molecule has 8 heteroatoms. The second-order valence-corrected chi connectivity index (χ2v) is 7.31. The molecule has 0 unspecified atom stereocenters. The van der Waals surface area contributed by atoms with Gasteiger partial charge in [-0.15, -0.1) is 6.42 Å². The summed E-state index contributed by atoms with van der Waals surface area (Å²) in [6.45, 7) is 8.74. The number of terminal acetylenes is 1. The molecule has 0 aliphatic rings. The molecule has 32 heavy (non-hydrogen) atoms. The van der Waals surface area contributed by atoms with Gasteiger partial charge in [0, 0.05) is 5.56 Å². The van der Waals surface area contributed by atoms with Gasteiger partial charge in [-0.3, -0.25) is 4.79 Å². The van der Waals surface area contributed by atoms with Gasteiger partial charge in [0.2, 0.25) is 0 Å². The summed E-state index contributed by atoms with van der Waals surface area (Å²) in [4.78, 5) is 12.5. The van der Waals surface area contributed by atoms with Gasteiger partial charge >= 0.3 is 0 Å². The van der Waals surface area contributed by atoms with Crippen molar-refractivity contribution in [3.05, 3.63) is 57.7 Å². The molecule has 0 aromatic heterocycles. The zero-order chi connectivity index (χ0) is 23.3. The highest BCUT2D eigenvalue weighted by atomic mass is 127. The fraction of sp³-hybridized carbons (Fsp3) is 0.250. The molecule has 168 valence electrons. The normalized spacial score (nSPS) is 10.3. The van der Waals surface area contributed by atoms with E-state index in [2.05, 4.69) is 45.6 Å². The number of rotatable bonds is 12. The number of hydrazone groups is 1. The van der Waals surface area contributed by atoms with Crippen molar-refractivity contribution in [3.63, 3.8) is 0 Å². The first-order valence-corrected chi connectivity index (χ1v) is 11.0. The number of ether oxygens (including phenoxy) is 4. The van der Waals surface area contributed by atoms with Crippen molar-refractivity contribution in [1.82, 2.24) is 5.43 Å². The van der Waals surface area contributed by atoms with E-state index in [0.717, 1.165) is 9.13 Å². The number of nitrogens with one attached hydrogen (secondary N) is 1. The number of benzene rings is 2. The lowest BCUT2D eigenvalue weighted by molar-refractivity contribution is 0.0954. The second-order valence-electron chi connectivity index (χ2n) is 6.15. The SMILES string of the molecule is C#CCOc1c(I)cc(/C=N/NC(=O)c2ccc(OCC=C)c(OCC)c2)cc1OCC. The molecule has 0 saturated carbocycles. The zero-order valence-corrected chi connectivity index (χ0v) is 20.2. The lowest BCUT2D eigenvalue weighted by Gasteiger charge is -2.13. The standard InChI is InChI=1S/C24H25IN2O5/c1-5-11-31-20-10-9-18(15-21(20)29-7-3)24(28)27-26-16-17-13-19(25)23(32-12-6-2)22(14-17)30-8-4/h2,5,9-10,13-16H,1,7-8,11-12H2,3-4H3,(H,27,28)/b26-16+. The lowest BCUT2D eigenvalue weighted by atomic mass is 10.2. The molecular formula is C24H25IN2O5. The molecule has 0 aliphatic carbocycles. The van der Waals surface area contributed by atoms with Crippen molar-refractivity contribution < 1.29 is 23.7 Å². The zero-order valence-electron chi connectivity index (χ0n) is 18.0. The van der Waals surface area contributed by atoms with E-state index in [0.29, 0.717) is 48.4 Å². The van der Waals surface area contributed by atoms with E-state index in [1.807, 2.05) is 19.9 Å². The largest absolute Gasteiger partial charge is 0.490 e. The smallest absolute Gasteiger partial charge is 0.271 e. The topological polar surface area (TPSA) is 78.4 Å². The van der Waals surface area contributed by atoms with E-state index in [1.54, 1.807) is 30.3 Å². The minimum absolute atomic E-state index is 0.140. The summed E-state index contributed by atoms with van der Waals surface area (Å²) in [7, 11) is 0. The van der Waals surface area contributed by atoms with Crippen LogP contribution in [0.2, 0.25) is 0 Å². The van der Waals surface area contributed by atoms with Gasteiger partial charge in [-0.1, -0.05) is 18.6 Å². The van der Waals surface area contributed by atoms with Crippen LogP contribution in [0.5, 0.6) is 23.0 Å². The van der Waals surface area contributed by atoms with Crippen LogP contribution in [0.15, 0.2) is 48.1 Å². The third-order valence-corrected chi connectivity index (χ3v) is 4.67. The van der Waals surface area contributed by atoms with Crippen LogP contribution in [0, 0.1) is 15.9 Å². The van der Waals surface area contributed by atoms with E-state index in [-0.39, 0.29) is 12.5 Å². The van der Waals surface area contributed by atoms with Gasteiger partial charge in [0.1, 0.15) is 13.2 Å². The molecule has 0 aliphatic heterocycles. The van der Waals surface area contributed by atoms with Gasteiger partial charge in [0.15, 0.2) is 23.0 Å². The highest BCUT2D eigenvalue weighted by Gasteiger charge is 2.13. The Kier molecular flexibility index (Phi) is 10.4. The number of nitrogens with zero attached hydrogens (tertiary/aromatic N) is 1. The van der Waals surface area contributed by atoms with Crippen molar-refractivity contribution in [1.29, 1.82) is 0 Å². The number of carbonyl (C=O) groups is 1. The Hall–Kier alpha value is -3.19. The number of amides is 1. The number of halogens is 1. The minimum Gasteiger partial charge on any atom is -0.490 e. The maximum atomic E-state index is 12.5. The maximum Gasteiger partial charge on any atom is 0.271 e. The first kappa shape index (κ1) is 25.1. The van der Waals surface area contributed by atoms with Crippen molar-refractivity contribution in [2.45, 2.75) is 13.8 Å². The fourth-order valence-electron chi connectivity index (χ4n) is 2.59. The number of hydrogen-bond donors (Lipinski definition) is 1. The molecule has 1 amide bonds. The van der Waals surface area contributed by atoms with Gasteiger partial charge in [-0.2, -0.15) is 5.10 Å². The van der Waals surface area contributed by atoms with Crippen molar-refractivity contribution in [3.8, 4) is 35.3 Å². The average Bonchev–Trinajstić information content (AvgIpc) is 2.78. The Balaban J connectivity index is 2.15. The average molecular weight is 548 g/mol. The number of hydrogen-bond acceptors (Lipinski definition) is 6. The predicted octanol–water partition coefficient (Wildman–Crippen LogP) is 4.43. The summed E-state index contributed by atoms with van der Waals surface area (Å²) in [5, 5.41) is 4.06. The van der Waals surface area contributed by atoms with Crippen molar-refractivity contribution in [2.24, 2.45) is 5.10 Å². The molecule has 1 N–H and O–H groups in total. The molecule has 0 atom stereocenters. The van der Waals surface area contributed by atoms with Crippen LogP contribution in [0.1, 0.15) is 29.8 Å². The predicted molar refractivity (Wildman–Crippen MR) is 133 cm³/mol. The van der Waals surface area contributed by atoms with Crippen LogP contribution in [0.4, 0.5) is 0 Å². The van der Waals surface area contributed by atoms with Gasteiger partial charge in [0.25, 0.3) is 5.91 Å². The molecular weight excluding hydrogens is 523 g/mol. The summed E-state index contributed by atoms with van der Waals surface area (Å²) >= 11 is 2.13. The molecule has 2 aromatic rings. The Morgan fingerprint density at radius 2 is 1.88 bits per heavy atom. The monoisotopic (exact) mass is 548 g/mol. The van der Waals surface area contributed by atoms with Crippen molar-refractivity contribution in [2.75, 3.05) is 26.4 Å². The summed E-state index contributed by atoms with van der Waals surface area (Å²) in [5.41, 5.74) is 3.64. The van der Waals surface area contributed by atoms with E-state index in [1.165, 1.54) is 6.21 Å². The van der Waals surface area contributed by atoms with Crippen LogP contribution >= 0.6 is 22.6 Å².